The summed E-state index contributed by atoms with van der Waals surface area (Å²) in [5, 5.41) is 10.2. The molecule has 24 heavy (non-hydrogen) atoms. The summed E-state index contributed by atoms with van der Waals surface area (Å²) in [6.45, 7) is 4.47. The Balaban J connectivity index is 1.43. The van der Waals surface area contributed by atoms with E-state index in [1.54, 1.807) is 12.1 Å². The number of β-amino-alcohol motifs (C(OH)–C–C–N with tert-alkyl or cyclic N) is 1. The summed E-state index contributed by atoms with van der Waals surface area (Å²) in [6, 6.07) is 6.42. The Morgan fingerprint density at radius 2 is 1.96 bits per heavy atom. The molecule has 1 aromatic rings. The van der Waals surface area contributed by atoms with Crippen LogP contribution < -0.4 is 0 Å². The fourth-order valence-corrected chi connectivity index (χ4v) is 3.19. The predicted octanol–water partition coefficient (Wildman–Crippen LogP) is 1.76. The number of aliphatic hydroxyl groups is 1. The van der Waals surface area contributed by atoms with E-state index < -0.39 is 6.10 Å². The largest absolute Gasteiger partial charge is 0.389 e. The van der Waals surface area contributed by atoms with Crippen LogP contribution in [0.25, 0.3) is 0 Å². The van der Waals surface area contributed by atoms with Gasteiger partial charge in [-0.3, -0.25) is 4.90 Å². The number of aliphatic hydroxyl groups excluding tert-OH is 1. The maximum absolute atomic E-state index is 13.0. The third-order valence-electron chi connectivity index (χ3n) is 4.55. The fourth-order valence-electron chi connectivity index (χ4n) is 3.19. The van der Waals surface area contributed by atoms with Crippen LogP contribution in [0.5, 0.6) is 0 Å². The SMILES string of the molecule is OC(COC1CCOCC1)CN1CCOC(c2ccc(F)cc2)C1. The van der Waals surface area contributed by atoms with Crippen molar-refractivity contribution in [1.82, 2.24) is 4.90 Å². The number of nitrogens with zero attached hydrogens (tertiary/aromatic N) is 1. The van der Waals surface area contributed by atoms with Crippen molar-refractivity contribution in [3.8, 4) is 0 Å². The van der Waals surface area contributed by atoms with Crippen LogP contribution in [-0.4, -0.2) is 68.3 Å². The third-order valence-corrected chi connectivity index (χ3v) is 4.55. The van der Waals surface area contributed by atoms with Gasteiger partial charge in [0.1, 0.15) is 5.82 Å². The molecule has 134 valence electrons. The predicted molar refractivity (Wildman–Crippen MR) is 87.3 cm³/mol. The number of rotatable bonds is 6. The fraction of sp³-hybridized carbons (Fsp3) is 0.667. The first kappa shape index (κ1) is 17.8. The van der Waals surface area contributed by atoms with Gasteiger partial charge in [-0.15, -0.1) is 0 Å². The van der Waals surface area contributed by atoms with Gasteiger partial charge in [0.25, 0.3) is 0 Å². The molecule has 0 saturated carbocycles. The Bertz CT molecular complexity index is 492. The van der Waals surface area contributed by atoms with E-state index in [4.69, 9.17) is 14.2 Å². The number of morpholine rings is 1. The molecule has 0 aromatic heterocycles. The van der Waals surface area contributed by atoms with Crippen LogP contribution in [0.2, 0.25) is 0 Å². The molecular weight excluding hydrogens is 313 g/mol. The second-order valence-corrected chi connectivity index (χ2v) is 6.47. The maximum atomic E-state index is 13.0. The molecular formula is C18H26FNO4. The first-order chi connectivity index (χ1) is 11.7. The van der Waals surface area contributed by atoms with Crippen molar-refractivity contribution < 1.29 is 23.7 Å². The van der Waals surface area contributed by atoms with Gasteiger partial charge >= 0.3 is 0 Å². The molecule has 6 heteroatoms. The van der Waals surface area contributed by atoms with Gasteiger partial charge in [-0.05, 0) is 30.5 Å². The molecule has 2 atom stereocenters. The van der Waals surface area contributed by atoms with Crippen molar-refractivity contribution in [2.75, 3.05) is 46.1 Å². The zero-order valence-electron chi connectivity index (χ0n) is 13.9. The number of benzene rings is 1. The number of hydrogen-bond donors (Lipinski definition) is 1. The summed E-state index contributed by atoms with van der Waals surface area (Å²) < 4.78 is 29.9. The highest BCUT2D eigenvalue weighted by Gasteiger charge is 2.24. The molecule has 0 spiro atoms. The van der Waals surface area contributed by atoms with Gasteiger partial charge in [-0.2, -0.15) is 0 Å². The molecule has 0 amide bonds. The van der Waals surface area contributed by atoms with E-state index >= 15 is 0 Å². The molecule has 2 aliphatic heterocycles. The van der Waals surface area contributed by atoms with Gasteiger partial charge in [-0.1, -0.05) is 12.1 Å². The topological polar surface area (TPSA) is 51.2 Å². The summed E-state index contributed by atoms with van der Waals surface area (Å²) >= 11 is 0. The van der Waals surface area contributed by atoms with Crippen LogP contribution >= 0.6 is 0 Å². The zero-order chi connectivity index (χ0) is 16.8. The minimum Gasteiger partial charge on any atom is -0.389 e. The van der Waals surface area contributed by atoms with Crippen LogP contribution in [0, 0.1) is 5.82 Å². The highest BCUT2D eigenvalue weighted by atomic mass is 19.1. The zero-order valence-corrected chi connectivity index (χ0v) is 13.9. The van der Waals surface area contributed by atoms with Gasteiger partial charge in [-0.25, -0.2) is 4.39 Å². The Labute approximate surface area is 142 Å². The molecule has 0 bridgehead atoms. The van der Waals surface area contributed by atoms with Crippen LogP contribution in [0.15, 0.2) is 24.3 Å². The standard InChI is InChI=1S/C18H26FNO4/c19-15-3-1-14(2-4-15)18-12-20(7-10-23-18)11-16(21)13-24-17-5-8-22-9-6-17/h1-4,16-18,21H,5-13H2. The van der Waals surface area contributed by atoms with Gasteiger partial charge in [0.2, 0.25) is 0 Å². The molecule has 0 aliphatic carbocycles. The van der Waals surface area contributed by atoms with Gasteiger partial charge < -0.3 is 19.3 Å². The Hall–Kier alpha value is -1.05. The van der Waals surface area contributed by atoms with E-state index in [0.717, 1.165) is 38.2 Å². The third kappa shape index (κ3) is 5.22. The molecule has 2 heterocycles. The number of hydrogen-bond acceptors (Lipinski definition) is 5. The average Bonchev–Trinajstić information content (AvgIpc) is 2.62. The molecule has 2 aliphatic rings. The van der Waals surface area contributed by atoms with Crippen molar-refractivity contribution in [3.63, 3.8) is 0 Å². The average molecular weight is 339 g/mol. The molecule has 1 N–H and O–H groups in total. The van der Waals surface area contributed by atoms with Gasteiger partial charge in [0.15, 0.2) is 0 Å². The lowest BCUT2D eigenvalue weighted by molar-refractivity contribution is -0.0781. The molecule has 2 saturated heterocycles. The smallest absolute Gasteiger partial charge is 0.123 e. The van der Waals surface area contributed by atoms with E-state index in [1.807, 2.05) is 0 Å². The van der Waals surface area contributed by atoms with Crippen LogP contribution in [0.3, 0.4) is 0 Å². The Morgan fingerprint density at radius 3 is 2.71 bits per heavy atom. The Morgan fingerprint density at radius 1 is 1.21 bits per heavy atom. The maximum Gasteiger partial charge on any atom is 0.123 e. The monoisotopic (exact) mass is 339 g/mol. The lowest BCUT2D eigenvalue weighted by Gasteiger charge is -2.34. The van der Waals surface area contributed by atoms with Crippen molar-refractivity contribution in [2.45, 2.75) is 31.2 Å². The van der Waals surface area contributed by atoms with Gasteiger partial charge in [0.05, 0.1) is 31.5 Å². The molecule has 2 fully saturated rings. The first-order valence-corrected chi connectivity index (χ1v) is 8.67. The summed E-state index contributed by atoms with van der Waals surface area (Å²) in [7, 11) is 0. The lowest BCUT2D eigenvalue weighted by Crippen LogP contribution is -2.43. The minimum atomic E-state index is -0.514. The number of halogens is 1. The van der Waals surface area contributed by atoms with E-state index in [9.17, 15) is 9.50 Å². The van der Waals surface area contributed by atoms with Crippen molar-refractivity contribution >= 4 is 0 Å². The molecule has 3 rings (SSSR count). The van der Waals surface area contributed by atoms with Crippen LogP contribution in [0.4, 0.5) is 4.39 Å². The van der Waals surface area contributed by atoms with Crippen LogP contribution in [-0.2, 0) is 14.2 Å². The van der Waals surface area contributed by atoms with Crippen molar-refractivity contribution in [3.05, 3.63) is 35.6 Å². The summed E-state index contributed by atoms with van der Waals surface area (Å²) in [5.41, 5.74) is 0.967. The van der Waals surface area contributed by atoms with Gasteiger partial charge in [0, 0.05) is 32.8 Å². The lowest BCUT2D eigenvalue weighted by atomic mass is 10.1. The summed E-state index contributed by atoms with van der Waals surface area (Å²) in [5.74, 6) is -0.243. The van der Waals surface area contributed by atoms with E-state index in [1.165, 1.54) is 12.1 Å². The highest BCUT2D eigenvalue weighted by molar-refractivity contribution is 5.19. The normalized spacial score (nSPS) is 24.8. The summed E-state index contributed by atoms with van der Waals surface area (Å²) in [4.78, 5) is 2.18. The summed E-state index contributed by atoms with van der Waals surface area (Å²) in [6.07, 6.45) is 1.40. The molecule has 0 radical (unpaired) electrons. The van der Waals surface area contributed by atoms with Crippen molar-refractivity contribution in [1.29, 1.82) is 0 Å². The Kier molecular flexibility index (Phi) is 6.57. The first-order valence-electron chi connectivity index (χ1n) is 8.67. The molecule has 2 unspecified atom stereocenters. The van der Waals surface area contributed by atoms with E-state index in [0.29, 0.717) is 26.3 Å². The molecule has 5 nitrogen and oxygen atoms in total. The second kappa shape index (κ2) is 8.87. The molecule has 1 aromatic carbocycles. The second-order valence-electron chi connectivity index (χ2n) is 6.47. The number of ether oxygens (including phenoxy) is 3. The van der Waals surface area contributed by atoms with E-state index in [2.05, 4.69) is 4.90 Å². The van der Waals surface area contributed by atoms with E-state index in [-0.39, 0.29) is 18.0 Å². The highest BCUT2D eigenvalue weighted by Crippen LogP contribution is 2.22. The van der Waals surface area contributed by atoms with Crippen molar-refractivity contribution in [2.24, 2.45) is 0 Å². The van der Waals surface area contributed by atoms with Crippen LogP contribution in [0.1, 0.15) is 24.5 Å². The quantitative estimate of drug-likeness (QED) is 0.856. The minimum absolute atomic E-state index is 0.0806.